The number of nitrogens with one attached hydrogen (secondary N) is 2. The molecule has 0 aromatic heterocycles. The van der Waals surface area contributed by atoms with Crippen LogP contribution >= 0.6 is 0 Å². The number of hydrogen-bond acceptors (Lipinski definition) is 3. The Morgan fingerprint density at radius 1 is 1.21 bits per heavy atom. The molecule has 5 nitrogen and oxygen atoms in total. The standard InChI is InChI=1S/C23H25N4O.K/c1-16-8-9-20(12-17(16)2)23(28)26-21-7-5-6-19(13-21)18(3)24-10-11-25-22-14-27(4)15-22;/h5-9,11-15,18,24H,1-4H3,(H,26,28);/q-1;+1. The van der Waals surface area contributed by atoms with Gasteiger partial charge < -0.3 is 26.4 Å². The number of rotatable bonds is 6. The average molecular weight is 413 g/mol. The Morgan fingerprint density at radius 2 is 1.97 bits per heavy atom. The van der Waals surface area contributed by atoms with E-state index in [0.29, 0.717) is 5.56 Å². The molecule has 2 aromatic rings. The Bertz CT molecular complexity index is 979. The zero-order chi connectivity index (χ0) is 20.1. The molecule has 0 radical (unpaired) electrons. The summed E-state index contributed by atoms with van der Waals surface area (Å²) in [5.74, 6) is -0.110. The van der Waals surface area contributed by atoms with E-state index in [0.717, 1.165) is 22.5 Å². The molecule has 0 aliphatic carbocycles. The van der Waals surface area contributed by atoms with Gasteiger partial charge in [0.15, 0.2) is 0 Å². The van der Waals surface area contributed by atoms with Crippen LogP contribution in [0.2, 0.25) is 0 Å². The van der Waals surface area contributed by atoms with Gasteiger partial charge in [0.2, 0.25) is 0 Å². The fraction of sp³-hybridized carbons (Fsp3) is 0.217. The van der Waals surface area contributed by atoms with Crippen molar-refractivity contribution < 1.29 is 60.8 Å². The van der Waals surface area contributed by atoms with Gasteiger partial charge in [-0.05, 0) is 61.7 Å². The van der Waals surface area contributed by atoms with Gasteiger partial charge in [0.1, 0.15) is 7.05 Å². The summed E-state index contributed by atoms with van der Waals surface area (Å²) >= 11 is 0. The molecule has 144 valence electrons. The summed E-state index contributed by atoms with van der Waals surface area (Å²) in [6, 6.07) is 13.6. The second kappa shape index (κ2) is 10.9. The van der Waals surface area contributed by atoms with Crippen LogP contribution in [-0.2, 0) is 0 Å². The van der Waals surface area contributed by atoms with E-state index >= 15 is 0 Å². The molecule has 1 aliphatic rings. The molecule has 1 atom stereocenters. The zero-order valence-electron chi connectivity index (χ0n) is 17.7. The molecule has 0 spiro atoms. The Morgan fingerprint density at radius 3 is 2.66 bits per heavy atom. The minimum atomic E-state index is -0.110. The predicted molar refractivity (Wildman–Crippen MR) is 114 cm³/mol. The molecule has 1 unspecified atom stereocenters. The van der Waals surface area contributed by atoms with Crippen LogP contribution in [0.25, 0.3) is 0 Å². The van der Waals surface area contributed by atoms with Gasteiger partial charge in [-0.2, -0.15) is 0 Å². The minimum absolute atomic E-state index is 0. The van der Waals surface area contributed by atoms with E-state index in [1.165, 1.54) is 5.56 Å². The van der Waals surface area contributed by atoms with Gasteiger partial charge in [0.25, 0.3) is 5.91 Å². The molecule has 3 rings (SSSR count). The number of nitrogens with zero attached hydrogens (tertiary/aromatic N) is 2. The maximum Gasteiger partial charge on any atom is 1.00 e. The molecule has 0 saturated heterocycles. The summed E-state index contributed by atoms with van der Waals surface area (Å²) in [4.78, 5) is 16.8. The maximum atomic E-state index is 12.5. The number of aryl methyl sites for hydroxylation is 2. The summed E-state index contributed by atoms with van der Waals surface area (Å²) in [5.41, 5.74) is 5.67. The Hall–Kier alpha value is -1.70. The average Bonchev–Trinajstić information content (AvgIpc) is 2.65. The zero-order valence-corrected chi connectivity index (χ0v) is 20.8. The molecule has 0 fully saturated rings. The van der Waals surface area contributed by atoms with E-state index in [-0.39, 0.29) is 63.3 Å². The van der Waals surface area contributed by atoms with Crippen molar-refractivity contribution in [3.63, 3.8) is 0 Å². The van der Waals surface area contributed by atoms with Crippen molar-refractivity contribution in [1.82, 2.24) is 5.32 Å². The quantitative estimate of drug-likeness (QED) is 0.319. The summed E-state index contributed by atoms with van der Waals surface area (Å²) in [5, 5.41) is 6.14. The molecule has 1 heterocycles. The third kappa shape index (κ3) is 6.66. The van der Waals surface area contributed by atoms with E-state index in [1.54, 1.807) is 6.20 Å². The Balaban J connectivity index is 0.00000300. The number of carbonyl (C=O) groups is 1. The topological polar surface area (TPSA) is 56.5 Å². The van der Waals surface area contributed by atoms with Crippen molar-refractivity contribution in [2.45, 2.75) is 26.8 Å². The smallest absolute Gasteiger partial charge is 0.560 e. The van der Waals surface area contributed by atoms with Gasteiger partial charge >= 0.3 is 51.4 Å². The number of hydrogen-bond donors (Lipinski definition) is 2. The normalized spacial score (nSPS) is 15.0. The first-order chi connectivity index (χ1) is 13.4. The van der Waals surface area contributed by atoms with Crippen LogP contribution in [-0.4, -0.2) is 29.5 Å². The SMILES string of the molecule is Cc1ccc(C(=O)Nc2cccc(C(C)N[C-]=CN=C3C=[N+](C)[CH-]3)c2)cc1C.[K+]. The summed E-state index contributed by atoms with van der Waals surface area (Å²) < 4.78 is 1.94. The van der Waals surface area contributed by atoms with Gasteiger partial charge in [-0.3, -0.25) is 4.79 Å². The Kier molecular flexibility index (Phi) is 8.86. The molecule has 0 bridgehead atoms. The molecular formula is C23H25KN4O. The van der Waals surface area contributed by atoms with Crippen LogP contribution in [0.1, 0.15) is 40.0 Å². The first kappa shape index (κ1) is 23.6. The number of amides is 1. The second-order valence-electron chi connectivity index (χ2n) is 7.00. The molecule has 2 N–H and O–H groups in total. The van der Waals surface area contributed by atoms with Crippen molar-refractivity contribution in [2.75, 3.05) is 12.4 Å². The first-order valence-corrected chi connectivity index (χ1v) is 9.23. The Labute approximate surface area is 215 Å². The van der Waals surface area contributed by atoms with Gasteiger partial charge in [-0.1, -0.05) is 18.2 Å². The third-order valence-electron chi connectivity index (χ3n) is 4.66. The van der Waals surface area contributed by atoms with Crippen LogP contribution in [0.15, 0.2) is 53.7 Å². The van der Waals surface area contributed by atoms with Crippen molar-refractivity contribution in [3.8, 4) is 0 Å². The van der Waals surface area contributed by atoms with Gasteiger partial charge in [-0.15, -0.1) is 6.20 Å². The van der Waals surface area contributed by atoms with Crippen molar-refractivity contribution in [1.29, 1.82) is 0 Å². The van der Waals surface area contributed by atoms with E-state index in [2.05, 4.69) is 21.8 Å². The van der Waals surface area contributed by atoms with E-state index in [4.69, 9.17) is 0 Å². The number of aliphatic imine (C=N–C) groups is 1. The fourth-order valence-corrected chi connectivity index (χ4v) is 2.80. The van der Waals surface area contributed by atoms with Crippen LogP contribution in [0.5, 0.6) is 0 Å². The van der Waals surface area contributed by atoms with Gasteiger partial charge in [0, 0.05) is 17.3 Å². The molecule has 2 aromatic carbocycles. The minimum Gasteiger partial charge on any atom is -0.560 e. The summed E-state index contributed by atoms with van der Waals surface area (Å²) in [7, 11) is 1.96. The van der Waals surface area contributed by atoms with E-state index in [9.17, 15) is 4.79 Å². The molecule has 0 saturated carbocycles. The van der Waals surface area contributed by atoms with Crippen molar-refractivity contribution >= 4 is 23.5 Å². The van der Waals surface area contributed by atoms with Crippen LogP contribution in [0.3, 0.4) is 0 Å². The fourth-order valence-electron chi connectivity index (χ4n) is 2.80. The maximum absolute atomic E-state index is 12.5. The van der Waals surface area contributed by atoms with Crippen molar-refractivity contribution in [2.24, 2.45) is 4.99 Å². The van der Waals surface area contributed by atoms with Crippen LogP contribution in [0, 0.1) is 26.6 Å². The van der Waals surface area contributed by atoms with E-state index < -0.39 is 0 Å². The van der Waals surface area contributed by atoms with E-state index in [1.807, 2.05) is 87.6 Å². The first-order valence-electron chi connectivity index (χ1n) is 9.23. The second-order valence-corrected chi connectivity index (χ2v) is 7.00. The monoisotopic (exact) mass is 412 g/mol. The predicted octanol–water partition coefficient (Wildman–Crippen LogP) is 0.814. The molecule has 1 aliphatic heterocycles. The molecule has 29 heavy (non-hydrogen) atoms. The summed E-state index contributed by atoms with van der Waals surface area (Å²) in [6.07, 6.45) is 6.54. The van der Waals surface area contributed by atoms with Gasteiger partial charge in [-0.25, -0.2) is 0 Å². The summed E-state index contributed by atoms with van der Waals surface area (Å²) in [6.45, 7) is 8.01. The third-order valence-corrected chi connectivity index (χ3v) is 4.66. The number of carbonyl (C=O) groups excluding carboxylic acids is 1. The molecular weight excluding hydrogens is 387 g/mol. The number of anilines is 1. The van der Waals surface area contributed by atoms with Crippen LogP contribution < -0.4 is 62.0 Å². The molecule has 1 amide bonds. The number of benzene rings is 2. The molecule has 6 heteroatoms. The largest absolute Gasteiger partial charge is 1.00 e. The van der Waals surface area contributed by atoms with Crippen LogP contribution in [0.4, 0.5) is 5.69 Å². The van der Waals surface area contributed by atoms with Gasteiger partial charge in [0.05, 0.1) is 18.5 Å². The van der Waals surface area contributed by atoms with Crippen molar-refractivity contribution in [3.05, 3.63) is 83.7 Å².